The smallest absolute Gasteiger partial charge is 0.00246 e. The zero-order chi connectivity index (χ0) is 14.7. The van der Waals surface area contributed by atoms with Gasteiger partial charge in [-0.2, -0.15) is 0 Å². The van der Waals surface area contributed by atoms with Crippen LogP contribution in [0.1, 0.15) is 49.3 Å². The van der Waals surface area contributed by atoms with Gasteiger partial charge in [0.15, 0.2) is 0 Å². The molecule has 0 heteroatoms. The van der Waals surface area contributed by atoms with Crippen molar-refractivity contribution in [2.45, 2.75) is 50.9 Å². The van der Waals surface area contributed by atoms with Crippen molar-refractivity contribution in [3.63, 3.8) is 0 Å². The second kappa shape index (κ2) is 4.47. The van der Waals surface area contributed by atoms with Crippen molar-refractivity contribution in [3.05, 3.63) is 59.2 Å². The van der Waals surface area contributed by atoms with Crippen LogP contribution in [0.25, 0.3) is 10.8 Å². The summed E-state index contributed by atoms with van der Waals surface area (Å²) in [6, 6.07) is 12.0. The van der Waals surface area contributed by atoms with Gasteiger partial charge in [-0.1, -0.05) is 49.4 Å². The van der Waals surface area contributed by atoms with E-state index in [1.54, 1.807) is 11.1 Å². The Hall–Kier alpha value is -1.56. The Bertz CT molecular complexity index is 782. The molecule has 22 heavy (non-hydrogen) atoms. The topological polar surface area (TPSA) is 0 Å². The Morgan fingerprint density at radius 1 is 1.18 bits per heavy atom. The van der Waals surface area contributed by atoms with Crippen molar-refractivity contribution in [1.82, 2.24) is 0 Å². The molecule has 0 aromatic heterocycles. The molecule has 1 spiro atoms. The Morgan fingerprint density at radius 2 is 2.14 bits per heavy atom. The molecule has 3 aliphatic rings. The minimum atomic E-state index is 0.476. The molecule has 0 heterocycles. The fraction of sp³-hybridized carbons (Fsp3) is 0.455. The Kier molecular flexibility index (Phi) is 2.63. The number of aryl methyl sites for hydroxylation is 2. The van der Waals surface area contributed by atoms with Gasteiger partial charge in [-0.25, -0.2) is 0 Å². The number of hydrogen-bond acceptors (Lipinski definition) is 0. The highest BCUT2D eigenvalue weighted by atomic mass is 14.5. The van der Waals surface area contributed by atoms with Crippen molar-refractivity contribution in [2.24, 2.45) is 11.8 Å². The maximum atomic E-state index is 2.57. The first-order valence-corrected chi connectivity index (χ1v) is 9.03. The summed E-state index contributed by atoms with van der Waals surface area (Å²) < 4.78 is 0. The second-order valence-corrected chi connectivity index (χ2v) is 7.70. The molecule has 1 saturated carbocycles. The number of hydrogen-bond donors (Lipinski definition) is 0. The van der Waals surface area contributed by atoms with Crippen molar-refractivity contribution >= 4 is 10.8 Å². The van der Waals surface area contributed by atoms with Crippen LogP contribution in [0.4, 0.5) is 0 Å². The van der Waals surface area contributed by atoms with Gasteiger partial charge in [0.05, 0.1) is 0 Å². The first-order valence-electron chi connectivity index (χ1n) is 9.03. The van der Waals surface area contributed by atoms with Crippen LogP contribution in [-0.4, -0.2) is 0 Å². The molecule has 2 aromatic rings. The van der Waals surface area contributed by atoms with Gasteiger partial charge in [-0.05, 0) is 77.8 Å². The second-order valence-electron chi connectivity index (χ2n) is 7.70. The average Bonchev–Trinajstić information content (AvgIpc) is 3.14. The van der Waals surface area contributed by atoms with Crippen molar-refractivity contribution in [2.75, 3.05) is 0 Å². The maximum Gasteiger partial charge on any atom is 0.00246 e. The van der Waals surface area contributed by atoms with Gasteiger partial charge >= 0.3 is 0 Å². The van der Waals surface area contributed by atoms with E-state index in [4.69, 9.17) is 0 Å². The SMILES string of the molecule is CCc1cccc2cc3c(cc12)CCCC31CC2C=CC1C2. The quantitative estimate of drug-likeness (QED) is 0.602. The van der Waals surface area contributed by atoms with Gasteiger partial charge in [0.25, 0.3) is 0 Å². The summed E-state index contributed by atoms with van der Waals surface area (Å²) in [6.07, 6.45) is 13.0. The molecule has 5 rings (SSSR count). The van der Waals surface area contributed by atoms with Crippen LogP contribution in [0, 0.1) is 11.8 Å². The molecule has 3 unspecified atom stereocenters. The van der Waals surface area contributed by atoms with Crippen LogP contribution in [0.5, 0.6) is 0 Å². The van der Waals surface area contributed by atoms with Crippen LogP contribution < -0.4 is 0 Å². The van der Waals surface area contributed by atoms with Gasteiger partial charge < -0.3 is 0 Å². The van der Waals surface area contributed by atoms with Crippen LogP contribution in [0.15, 0.2) is 42.5 Å². The zero-order valence-corrected chi connectivity index (χ0v) is 13.4. The van der Waals surface area contributed by atoms with Crippen molar-refractivity contribution in [1.29, 1.82) is 0 Å². The van der Waals surface area contributed by atoms with E-state index in [-0.39, 0.29) is 0 Å². The van der Waals surface area contributed by atoms with Crippen LogP contribution in [0.2, 0.25) is 0 Å². The van der Waals surface area contributed by atoms with E-state index in [2.05, 4.69) is 49.4 Å². The van der Waals surface area contributed by atoms with E-state index in [9.17, 15) is 0 Å². The number of fused-ring (bicyclic) bond motifs is 6. The molecular formula is C22H24. The highest BCUT2D eigenvalue weighted by molar-refractivity contribution is 5.87. The summed E-state index contributed by atoms with van der Waals surface area (Å²) in [5.41, 5.74) is 5.34. The van der Waals surface area contributed by atoms with E-state index in [0.717, 1.165) is 18.3 Å². The molecule has 3 atom stereocenters. The number of allylic oxidation sites excluding steroid dienone is 2. The lowest BCUT2D eigenvalue weighted by atomic mass is 9.62. The fourth-order valence-electron chi connectivity index (χ4n) is 5.69. The average molecular weight is 288 g/mol. The molecule has 0 N–H and O–H groups in total. The monoisotopic (exact) mass is 288 g/mol. The first kappa shape index (κ1) is 12.9. The molecule has 0 aliphatic heterocycles. The van der Waals surface area contributed by atoms with E-state index >= 15 is 0 Å². The van der Waals surface area contributed by atoms with Gasteiger partial charge in [0.2, 0.25) is 0 Å². The third-order valence-corrected chi connectivity index (χ3v) is 6.69. The Balaban J connectivity index is 1.75. The maximum absolute atomic E-state index is 2.57. The third kappa shape index (κ3) is 1.59. The van der Waals surface area contributed by atoms with Gasteiger partial charge in [-0.3, -0.25) is 0 Å². The molecule has 0 saturated heterocycles. The van der Waals surface area contributed by atoms with Crippen LogP contribution >= 0.6 is 0 Å². The predicted molar refractivity (Wildman–Crippen MR) is 93.3 cm³/mol. The van der Waals surface area contributed by atoms with E-state index in [1.807, 2.05) is 0 Å². The minimum Gasteiger partial charge on any atom is -0.0851 e. The summed E-state index contributed by atoms with van der Waals surface area (Å²) in [5, 5.41) is 2.96. The van der Waals surface area contributed by atoms with Crippen LogP contribution in [-0.2, 0) is 18.3 Å². The number of rotatable bonds is 1. The molecule has 0 amide bonds. The summed E-state index contributed by atoms with van der Waals surface area (Å²) in [4.78, 5) is 0. The lowest BCUT2D eigenvalue weighted by Crippen LogP contribution is -2.35. The zero-order valence-electron chi connectivity index (χ0n) is 13.4. The fourth-order valence-corrected chi connectivity index (χ4v) is 5.69. The largest absolute Gasteiger partial charge is 0.0851 e. The first-order chi connectivity index (χ1) is 10.8. The Morgan fingerprint density at radius 3 is 2.91 bits per heavy atom. The van der Waals surface area contributed by atoms with Gasteiger partial charge in [0, 0.05) is 5.41 Å². The highest BCUT2D eigenvalue weighted by Crippen LogP contribution is 2.58. The lowest BCUT2D eigenvalue weighted by Gasteiger charge is -2.41. The minimum absolute atomic E-state index is 0.476. The summed E-state index contributed by atoms with van der Waals surface area (Å²) in [6.45, 7) is 2.27. The molecular weight excluding hydrogens is 264 g/mol. The molecule has 2 bridgehead atoms. The van der Waals surface area contributed by atoms with E-state index < -0.39 is 0 Å². The Labute approximate surface area is 133 Å². The molecule has 1 fully saturated rings. The molecule has 0 radical (unpaired) electrons. The molecule has 3 aliphatic carbocycles. The summed E-state index contributed by atoms with van der Waals surface area (Å²) >= 11 is 0. The summed E-state index contributed by atoms with van der Waals surface area (Å²) in [5.74, 6) is 1.66. The van der Waals surface area contributed by atoms with Crippen molar-refractivity contribution < 1.29 is 0 Å². The van der Waals surface area contributed by atoms with Gasteiger partial charge in [-0.15, -0.1) is 0 Å². The van der Waals surface area contributed by atoms with E-state index in [0.29, 0.717) is 5.41 Å². The van der Waals surface area contributed by atoms with Crippen molar-refractivity contribution in [3.8, 4) is 0 Å². The normalized spacial score (nSPS) is 32.0. The number of benzene rings is 2. The molecule has 2 aromatic carbocycles. The van der Waals surface area contributed by atoms with Crippen LogP contribution in [0.3, 0.4) is 0 Å². The van der Waals surface area contributed by atoms with Gasteiger partial charge in [0.1, 0.15) is 0 Å². The molecule has 0 nitrogen and oxygen atoms in total. The molecule has 112 valence electrons. The predicted octanol–water partition coefficient (Wildman–Crippen LogP) is 5.57. The lowest BCUT2D eigenvalue weighted by molar-refractivity contribution is 0.304. The standard InChI is InChI=1S/C22H24/c1-2-16-5-3-6-17-13-21-18(12-20(16)17)7-4-10-22(21)14-15-8-9-19(22)11-15/h3,5-6,8-9,12-13,15,19H,2,4,7,10-11,14H2,1H3. The highest BCUT2D eigenvalue weighted by Gasteiger charge is 2.50. The summed E-state index contributed by atoms with van der Waals surface area (Å²) in [7, 11) is 0. The van der Waals surface area contributed by atoms with E-state index in [1.165, 1.54) is 48.4 Å². The third-order valence-electron chi connectivity index (χ3n) is 6.69.